The van der Waals surface area contributed by atoms with Crippen molar-refractivity contribution in [2.24, 2.45) is 0 Å². The van der Waals surface area contributed by atoms with Crippen LogP contribution in [-0.4, -0.2) is 17.8 Å². The molecule has 0 aliphatic carbocycles. The van der Waals surface area contributed by atoms with Gasteiger partial charge >= 0.3 is 0 Å². The third kappa shape index (κ3) is 3.34. The lowest BCUT2D eigenvalue weighted by atomic mass is 10.2. The number of thiophene rings is 1. The third-order valence-corrected chi connectivity index (χ3v) is 2.64. The second-order valence-electron chi connectivity index (χ2n) is 2.87. The molecule has 0 unspecified atom stereocenters. The summed E-state index contributed by atoms with van der Waals surface area (Å²) in [5.74, 6) is 0. The monoisotopic (exact) mass is 185 g/mol. The van der Waals surface area contributed by atoms with E-state index in [1.807, 2.05) is 0 Å². The minimum absolute atomic E-state index is 0.263. The average Bonchev–Trinajstić information content (AvgIpc) is 2.53. The summed E-state index contributed by atoms with van der Waals surface area (Å²) in [4.78, 5) is 1.35. The molecule has 0 aliphatic rings. The van der Waals surface area contributed by atoms with E-state index in [9.17, 15) is 0 Å². The summed E-state index contributed by atoms with van der Waals surface area (Å²) in [5, 5.41) is 14.1. The van der Waals surface area contributed by atoms with E-state index in [1.54, 1.807) is 11.3 Å². The summed E-state index contributed by atoms with van der Waals surface area (Å²) in [6.45, 7) is 3.27. The fourth-order valence-corrected chi connectivity index (χ4v) is 1.64. The topological polar surface area (TPSA) is 32.3 Å². The van der Waals surface area contributed by atoms with Crippen LogP contribution in [0.1, 0.15) is 18.2 Å². The number of aliphatic hydroxyl groups is 1. The van der Waals surface area contributed by atoms with Crippen molar-refractivity contribution in [1.82, 2.24) is 5.32 Å². The van der Waals surface area contributed by atoms with Crippen molar-refractivity contribution >= 4 is 11.3 Å². The minimum Gasteiger partial charge on any atom is -0.396 e. The highest BCUT2D eigenvalue weighted by molar-refractivity contribution is 7.09. The van der Waals surface area contributed by atoms with Crippen LogP contribution in [0, 0.1) is 0 Å². The van der Waals surface area contributed by atoms with Gasteiger partial charge in [-0.3, -0.25) is 0 Å². The molecule has 2 N–H and O–H groups in total. The predicted octanol–water partition coefficient (Wildman–Crippen LogP) is 1.61. The number of aliphatic hydroxyl groups excluding tert-OH is 1. The van der Waals surface area contributed by atoms with Crippen LogP contribution < -0.4 is 5.32 Å². The average molecular weight is 185 g/mol. The first-order valence-corrected chi connectivity index (χ1v) is 5.07. The van der Waals surface area contributed by atoms with Gasteiger partial charge in [-0.25, -0.2) is 0 Å². The molecule has 68 valence electrons. The molecule has 0 radical (unpaired) electrons. The maximum absolute atomic E-state index is 8.66. The molecule has 0 aliphatic heterocycles. The Morgan fingerprint density at radius 3 is 3.08 bits per heavy atom. The molecular formula is C9H15NOS. The molecule has 1 heterocycles. The molecule has 0 fully saturated rings. The molecule has 1 rings (SSSR count). The first-order valence-electron chi connectivity index (χ1n) is 4.19. The van der Waals surface area contributed by atoms with Gasteiger partial charge in [0.15, 0.2) is 0 Å². The summed E-state index contributed by atoms with van der Waals surface area (Å²) >= 11 is 1.76. The van der Waals surface area contributed by atoms with Gasteiger partial charge in [-0.1, -0.05) is 6.07 Å². The Morgan fingerprint density at radius 2 is 2.50 bits per heavy atom. The van der Waals surface area contributed by atoms with Crippen LogP contribution in [0.15, 0.2) is 17.5 Å². The standard InChI is InChI=1S/C9H15NOS/c1-8(4-5-11)10-7-9-3-2-6-12-9/h2-3,6,8,10-11H,4-5,7H2,1H3/t8-/m1/s1. The molecule has 0 spiro atoms. The molecule has 1 aromatic rings. The Labute approximate surface area is 77.2 Å². The fraction of sp³-hybridized carbons (Fsp3) is 0.556. The van der Waals surface area contributed by atoms with Crippen molar-refractivity contribution in [1.29, 1.82) is 0 Å². The highest BCUT2D eigenvalue weighted by Crippen LogP contribution is 2.07. The van der Waals surface area contributed by atoms with Gasteiger partial charge in [0.25, 0.3) is 0 Å². The lowest BCUT2D eigenvalue weighted by Crippen LogP contribution is -2.25. The van der Waals surface area contributed by atoms with Gasteiger partial charge in [0.05, 0.1) is 0 Å². The van der Waals surface area contributed by atoms with E-state index < -0.39 is 0 Å². The number of hydrogen-bond acceptors (Lipinski definition) is 3. The largest absolute Gasteiger partial charge is 0.396 e. The van der Waals surface area contributed by atoms with Crippen LogP contribution in [-0.2, 0) is 6.54 Å². The molecule has 0 bridgehead atoms. The summed E-state index contributed by atoms with van der Waals surface area (Å²) in [6.07, 6.45) is 0.825. The van der Waals surface area contributed by atoms with E-state index in [-0.39, 0.29) is 6.61 Å². The van der Waals surface area contributed by atoms with Crippen LogP contribution in [0.4, 0.5) is 0 Å². The molecule has 1 atom stereocenters. The van der Waals surface area contributed by atoms with Crippen molar-refractivity contribution in [2.75, 3.05) is 6.61 Å². The smallest absolute Gasteiger partial charge is 0.0445 e. The van der Waals surface area contributed by atoms with E-state index >= 15 is 0 Å². The zero-order valence-electron chi connectivity index (χ0n) is 7.29. The van der Waals surface area contributed by atoms with Crippen LogP contribution in [0.5, 0.6) is 0 Å². The van der Waals surface area contributed by atoms with E-state index in [0.717, 1.165) is 13.0 Å². The molecule has 12 heavy (non-hydrogen) atoms. The van der Waals surface area contributed by atoms with Crippen molar-refractivity contribution in [3.63, 3.8) is 0 Å². The van der Waals surface area contributed by atoms with Gasteiger partial charge in [0.1, 0.15) is 0 Å². The zero-order chi connectivity index (χ0) is 8.81. The van der Waals surface area contributed by atoms with Crippen molar-refractivity contribution in [3.05, 3.63) is 22.4 Å². The molecular weight excluding hydrogens is 170 g/mol. The van der Waals surface area contributed by atoms with Crippen molar-refractivity contribution < 1.29 is 5.11 Å². The SMILES string of the molecule is C[C@H](CCO)NCc1cccs1. The Morgan fingerprint density at radius 1 is 1.67 bits per heavy atom. The van der Waals surface area contributed by atoms with Crippen molar-refractivity contribution in [2.45, 2.75) is 25.9 Å². The number of rotatable bonds is 5. The van der Waals surface area contributed by atoms with E-state index in [4.69, 9.17) is 5.11 Å². The maximum Gasteiger partial charge on any atom is 0.0445 e. The lowest BCUT2D eigenvalue weighted by Gasteiger charge is -2.10. The summed E-state index contributed by atoms with van der Waals surface area (Å²) < 4.78 is 0. The Kier molecular flexibility index (Phi) is 4.29. The maximum atomic E-state index is 8.66. The first kappa shape index (κ1) is 9.71. The van der Waals surface area contributed by atoms with Gasteiger partial charge in [-0.15, -0.1) is 11.3 Å². The minimum atomic E-state index is 0.263. The van der Waals surface area contributed by atoms with Crippen LogP contribution in [0.3, 0.4) is 0 Å². The Hall–Kier alpha value is -0.380. The third-order valence-electron chi connectivity index (χ3n) is 1.77. The van der Waals surface area contributed by atoms with Crippen LogP contribution in [0.25, 0.3) is 0 Å². The predicted molar refractivity (Wildman–Crippen MR) is 52.3 cm³/mol. The molecule has 0 aromatic carbocycles. The fourth-order valence-electron chi connectivity index (χ4n) is 0.984. The molecule has 0 saturated heterocycles. The molecule has 3 heteroatoms. The van der Waals surface area contributed by atoms with Gasteiger partial charge in [0.2, 0.25) is 0 Å². The lowest BCUT2D eigenvalue weighted by molar-refractivity contribution is 0.269. The molecule has 0 saturated carbocycles. The summed E-state index contributed by atoms with van der Waals surface area (Å²) in [6, 6.07) is 4.57. The van der Waals surface area contributed by atoms with Gasteiger partial charge in [-0.05, 0) is 24.8 Å². The van der Waals surface area contributed by atoms with Gasteiger partial charge in [0, 0.05) is 24.1 Å². The van der Waals surface area contributed by atoms with Crippen LogP contribution >= 0.6 is 11.3 Å². The van der Waals surface area contributed by atoms with Gasteiger partial charge < -0.3 is 10.4 Å². The Bertz CT molecular complexity index is 198. The van der Waals surface area contributed by atoms with Gasteiger partial charge in [-0.2, -0.15) is 0 Å². The summed E-state index contributed by atoms with van der Waals surface area (Å²) in [7, 11) is 0. The second kappa shape index (κ2) is 5.30. The highest BCUT2D eigenvalue weighted by atomic mass is 32.1. The Balaban J connectivity index is 2.17. The van der Waals surface area contributed by atoms with Crippen LogP contribution in [0.2, 0.25) is 0 Å². The highest BCUT2D eigenvalue weighted by Gasteiger charge is 1.99. The molecule has 1 aromatic heterocycles. The number of nitrogens with one attached hydrogen (secondary N) is 1. The van der Waals surface area contributed by atoms with E-state index in [1.165, 1.54) is 4.88 Å². The first-order chi connectivity index (χ1) is 5.83. The summed E-state index contributed by atoms with van der Waals surface area (Å²) in [5.41, 5.74) is 0. The molecule has 2 nitrogen and oxygen atoms in total. The zero-order valence-corrected chi connectivity index (χ0v) is 8.10. The van der Waals surface area contributed by atoms with Crippen molar-refractivity contribution in [3.8, 4) is 0 Å². The number of hydrogen-bond donors (Lipinski definition) is 2. The quantitative estimate of drug-likeness (QED) is 0.730. The van der Waals surface area contributed by atoms with E-state index in [2.05, 4.69) is 29.8 Å². The second-order valence-corrected chi connectivity index (χ2v) is 3.91. The molecule has 0 amide bonds. The normalized spacial score (nSPS) is 13.2. The van der Waals surface area contributed by atoms with E-state index in [0.29, 0.717) is 6.04 Å².